The summed E-state index contributed by atoms with van der Waals surface area (Å²) < 4.78 is 16.6. The number of nitrogens with one attached hydrogen (secondary N) is 1. The Morgan fingerprint density at radius 2 is 2.07 bits per heavy atom. The van der Waals surface area contributed by atoms with Crippen LogP contribution < -0.4 is 5.32 Å². The van der Waals surface area contributed by atoms with Crippen molar-refractivity contribution >= 4 is 5.96 Å². The molecule has 0 aliphatic carbocycles. The van der Waals surface area contributed by atoms with Crippen LogP contribution >= 0.6 is 0 Å². The molecule has 0 saturated carbocycles. The molecular weight excluding hydrogens is 356 g/mol. The van der Waals surface area contributed by atoms with Crippen molar-refractivity contribution in [3.63, 3.8) is 0 Å². The Kier molecular flexibility index (Phi) is 8.54. The molecule has 7 heteroatoms. The highest BCUT2D eigenvalue weighted by Crippen LogP contribution is 2.24. The molecule has 2 saturated heterocycles. The van der Waals surface area contributed by atoms with Crippen LogP contribution in [0.1, 0.15) is 12.0 Å². The number of fused-ring (bicyclic) bond motifs is 1. The lowest BCUT2D eigenvalue weighted by atomic mass is 10.1. The van der Waals surface area contributed by atoms with E-state index in [-0.39, 0.29) is 6.10 Å². The van der Waals surface area contributed by atoms with Crippen LogP contribution in [0.2, 0.25) is 0 Å². The number of ether oxygens (including phenoxy) is 3. The van der Waals surface area contributed by atoms with Crippen molar-refractivity contribution in [2.24, 2.45) is 4.99 Å². The molecule has 156 valence electrons. The number of likely N-dealkylation sites (tertiary alicyclic amines) is 1. The maximum absolute atomic E-state index is 6.08. The molecule has 2 atom stereocenters. The number of morpholine rings is 1. The zero-order valence-corrected chi connectivity index (χ0v) is 17.2. The van der Waals surface area contributed by atoms with Gasteiger partial charge in [-0.05, 0) is 12.0 Å². The highest BCUT2D eigenvalue weighted by atomic mass is 16.5. The van der Waals surface area contributed by atoms with E-state index in [0.29, 0.717) is 19.3 Å². The molecular formula is C21H34N4O3. The maximum Gasteiger partial charge on any atom is 0.193 e. The Labute approximate surface area is 168 Å². The maximum atomic E-state index is 6.08. The van der Waals surface area contributed by atoms with Crippen LogP contribution in [-0.2, 0) is 20.8 Å². The zero-order chi connectivity index (χ0) is 19.6. The summed E-state index contributed by atoms with van der Waals surface area (Å²) in [6, 6.07) is 11.1. The lowest BCUT2D eigenvalue weighted by Gasteiger charge is -2.36. The number of guanidine groups is 1. The summed E-state index contributed by atoms with van der Waals surface area (Å²) in [5, 5.41) is 3.47. The fourth-order valence-electron chi connectivity index (χ4n) is 3.90. The van der Waals surface area contributed by atoms with Crippen LogP contribution in [0.5, 0.6) is 0 Å². The van der Waals surface area contributed by atoms with Gasteiger partial charge < -0.3 is 24.4 Å². The molecule has 1 aromatic rings. The Morgan fingerprint density at radius 3 is 2.86 bits per heavy atom. The first-order chi connectivity index (χ1) is 13.8. The Morgan fingerprint density at radius 1 is 1.21 bits per heavy atom. The van der Waals surface area contributed by atoms with E-state index in [1.807, 2.05) is 7.05 Å². The van der Waals surface area contributed by atoms with Gasteiger partial charge in [-0.15, -0.1) is 0 Å². The predicted octanol–water partition coefficient (Wildman–Crippen LogP) is 1.20. The normalized spacial score (nSPS) is 23.1. The van der Waals surface area contributed by atoms with E-state index in [2.05, 4.69) is 50.4 Å². The number of methoxy groups -OCH3 is 1. The minimum atomic E-state index is 0.244. The summed E-state index contributed by atoms with van der Waals surface area (Å²) in [5.74, 6) is 0.953. The molecule has 0 amide bonds. The third kappa shape index (κ3) is 5.91. The summed E-state index contributed by atoms with van der Waals surface area (Å²) in [6.07, 6.45) is 1.19. The average molecular weight is 391 g/mol. The molecule has 2 heterocycles. The molecule has 1 N–H and O–H groups in total. The molecule has 1 aromatic carbocycles. The number of hydrogen-bond donors (Lipinski definition) is 1. The molecule has 2 unspecified atom stereocenters. The molecule has 2 fully saturated rings. The standard InChI is InChI=1S/C21H34N4O3/c1-22-21(23-9-6-11-27-14-13-26-2)25-16-19-20(17-25)28-12-10-24(19)15-18-7-4-3-5-8-18/h3-5,7-8,19-20H,6,9-17H2,1-2H3,(H,22,23). The molecule has 7 nitrogen and oxygen atoms in total. The summed E-state index contributed by atoms with van der Waals surface area (Å²) >= 11 is 0. The number of benzene rings is 1. The molecule has 0 aromatic heterocycles. The zero-order valence-electron chi connectivity index (χ0n) is 17.2. The van der Waals surface area contributed by atoms with Crippen molar-refractivity contribution in [3.8, 4) is 0 Å². The van der Waals surface area contributed by atoms with Crippen molar-refractivity contribution in [1.29, 1.82) is 0 Å². The van der Waals surface area contributed by atoms with Gasteiger partial charge in [-0.3, -0.25) is 9.89 Å². The molecule has 2 aliphatic rings. The fraction of sp³-hybridized carbons (Fsp3) is 0.667. The van der Waals surface area contributed by atoms with Crippen LogP contribution in [0.4, 0.5) is 0 Å². The second kappa shape index (κ2) is 11.4. The van der Waals surface area contributed by atoms with Crippen LogP contribution in [-0.4, -0.2) is 94.7 Å². The van der Waals surface area contributed by atoms with E-state index in [0.717, 1.165) is 58.3 Å². The second-order valence-corrected chi connectivity index (χ2v) is 7.27. The predicted molar refractivity (Wildman–Crippen MR) is 111 cm³/mol. The summed E-state index contributed by atoms with van der Waals surface area (Å²) in [5.41, 5.74) is 1.36. The summed E-state index contributed by atoms with van der Waals surface area (Å²) in [6.45, 7) is 7.46. The monoisotopic (exact) mass is 390 g/mol. The highest BCUT2D eigenvalue weighted by Gasteiger charge is 2.41. The molecule has 3 rings (SSSR count). The SMILES string of the molecule is CN=C(NCCCOCCOC)N1CC2OCCN(Cc3ccccc3)C2C1. The lowest BCUT2D eigenvalue weighted by molar-refractivity contribution is -0.0502. The van der Waals surface area contributed by atoms with Gasteiger partial charge in [0.1, 0.15) is 0 Å². The first-order valence-corrected chi connectivity index (χ1v) is 10.2. The van der Waals surface area contributed by atoms with Gasteiger partial charge in [-0.25, -0.2) is 0 Å². The highest BCUT2D eigenvalue weighted by molar-refractivity contribution is 5.80. The second-order valence-electron chi connectivity index (χ2n) is 7.27. The van der Waals surface area contributed by atoms with Gasteiger partial charge in [0.15, 0.2) is 5.96 Å². The first kappa shape index (κ1) is 21.0. The largest absolute Gasteiger partial charge is 0.382 e. The van der Waals surface area contributed by atoms with Crippen LogP contribution in [0.25, 0.3) is 0 Å². The van der Waals surface area contributed by atoms with E-state index >= 15 is 0 Å². The van der Waals surface area contributed by atoms with Crippen molar-refractivity contribution in [1.82, 2.24) is 15.1 Å². The number of hydrogen-bond acceptors (Lipinski definition) is 5. The Hall–Kier alpha value is -1.67. The Balaban J connectivity index is 1.46. The number of nitrogens with zero attached hydrogens (tertiary/aromatic N) is 3. The van der Waals surface area contributed by atoms with E-state index in [4.69, 9.17) is 14.2 Å². The minimum absolute atomic E-state index is 0.244. The van der Waals surface area contributed by atoms with E-state index in [9.17, 15) is 0 Å². The summed E-state index contributed by atoms with van der Waals surface area (Å²) in [7, 11) is 3.54. The van der Waals surface area contributed by atoms with Gasteiger partial charge in [-0.1, -0.05) is 30.3 Å². The minimum Gasteiger partial charge on any atom is -0.382 e. The van der Waals surface area contributed by atoms with Crippen LogP contribution in [0.3, 0.4) is 0 Å². The van der Waals surface area contributed by atoms with Crippen LogP contribution in [0.15, 0.2) is 35.3 Å². The third-order valence-electron chi connectivity index (χ3n) is 5.34. The Bertz CT molecular complexity index is 599. The third-order valence-corrected chi connectivity index (χ3v) is 5.34. The van der Waals surface area contributed by atoms with Crippen molar-refractivity contribution in [2.45, 2.75) is 25.1 Å². The van der Waals surface area contributed by atoms with Crippen molar-refractivity contribution in [2.75, 3.05) is 66.8 Å². The van der Waals surface area contributed by atoms with E-state index < -0.39 is 0 Å². The van der Waals surface area contributed by atoms with Gasteiger partial charge in [0.05, 0.1) is 32.0 Å². The first-order valence-electron chi connectivity index (χ1n) is 10.2. The van der Waals surface area contributed by atoms with Crippen LogP contribution in [0, 0.1) is 0 Å². The molecule has 2 aliphatic heterocycles. The molecule has 0 radical (unpaired) electrons. The van der Waals surface area contributed by atoms with E-state index in [1.54, 1.807) is 7.11 Å². The van der Waals surface area contributed by atoms with Crippen molar-refractivity contribution in [3.05, 3.63) is 35.9 Å². The molecule has 28 heavy (non-hydrogen) atoms. The van der Waals surface area contributed by atoms with Crippen molar-refractivity contribution < 1.29 is 14.2 Å². The lowest BCUT2D eigenvalue weighted by Crippen LogP contribution is -2.50. The van der Waals surface area contributed by atoms with Gasteiger partial charge in [-0.2, -0.15) is 0 Å². The smallest absolute Gasteiger partial charge is 0.193 e. The van der Waals surface area contributed by atoms with Gasteiger partial charge in [0.25, 0.3) is 0 Å². The van der Waals surface area contributed by atoms with Gasteiger partial charge in [0.2, 0.25) is 0 Å². The van der Waals surface area contributed by atoms with Gasteiger partial charge >= 0.3 is 0 Å². The van der Waals surface area contributed by atoms with E-state index in [1.165, 1.54) is 5.56 Å². The topological polar surface area (TPSA) is 58.6 Å². The summed E-state index contributed by atoms with van der Waals surface area (Å²) in [4.78, 5) is 9.36. The average Bonchev–Trinajstić information content (AvgIpc) is 3.16. The molecule has 0 spiro atoms. The fourth-order valence-corrected chi connectivity index (χ4v) is 3.90. The van der Waals surface area contributed by atoms with Gasteiger partial charge in [0, 0.05) is 53.5 Å². The number of rotatable bonds is 9. The number of aliphatic imine (C=N–C) groups is 1. The quantitative estimate of drug-likeness (QED) is 0.388. The molecule has 0 bridgehead atoms.